The summed E-state index contributed by atoms with van der Waals surface area (Å²) < 4.78 is 0. The van der Waals surface area contributed by atoms with E-state index in [1.54, 1.807) is 6.07 Å². The van der Waals surface area contributed by atoms with Crippen molar-refractivity contribution in [2.24, 2.45) is 5.73 Å². The predicted octanol–water partition coefficient (Wildman–Crippen LogP) is 2.35. The van der Waals surface area contributed by atoms with E-state index in [2.05, 4.69) is 0 Å². The van der Waals surface area contributed by atoms with Crippen LogP contribution in [0, 0.1) is 0 Å². The van der Waals surface area contributed by atoms with Gasteiger partial charge < -0.3 is 15.9 Å². The highest BCUT2D eigenvalue weighted by atomic mass is 35.5. The number of hydrogen-bond donors (Lipinski definition) is 3. The zero-order valence-electron chi connectivity index (χ0n) is 9.34. The second-order valence-corrected chi connectivity index (χ2v) is 3.84. The molecular formula is C13H16ClNO2. The van der Waals surface area contributed by atoms with Crippen molar-refractivity contribution in [1.29, 1.82) is 0 Å². The number of halogens is 1. The van der Waals surface area contributed by atoms with Gasteiger partial charge in [0, 0.05) is 18.2 Å². The van der Waals surface area contributed by atoms with E-state index < -0.39 is 0 Å². The summed E-state index contributed by atoms with van der Waals surface area (Å²) in [7, 11) is 0. The largest absolute Gasteiger partial charge is 0.508 e. The van der Waals surface area contributed by atoms with E-state index in [1.807, 2.05) is 30.3 Å². The number of aromatic hydroxyl groups is 1. The molecule has 0 amide bonds. The highest BCUT2D eigenvalue weighted by molar-refractivity contribution is 5.88. The summed E-state index contributed by atoms with van der Waals surface area (Å²) in [5.74, 6) is 0.194. The first-order chi connectivity index (χ1) is 7.74. The maximum absolute atomic E-state index is 9.84. The summed E-state index contributed by atoms with van der Waals surface area (Å²) in [4.78, 5) is 0. The van der Waals surface area contributed by atoms with Crippen LogP contribution in [0.2, 0.25) is 0 Å². The maximum atomic E-state index is 9.84. The van der Waals surface area contributed by atoms with E-state index in [0.29, 0.717) is 12.0 Å². The molecule has 2 aromatic rings. The van der Waals surface area contributed by atoms with Gasteiger partial charge in [-0.05, 0) is 23.3 Å². The first-order valence-electron chi connectivity index (χ1n) is 5.31. The molecule has 0 aliphatic rings. The predicted molar refractivity (Wildman–Crippen MR) is 71.5 cm³/mol. The molecule has 0 aliphatic carbocycles. The highest BCUT2D eigenvalue weighted by Gasteiger charge is 2.13. The fraction of sp³-hybridized carbons (Fsp3) is 0.231. The number of hydrogen-bond acceptors (Lipinski definition) is 3. The normalized spacial score (nSPS) is 12.1. The summed E-state index contributed by atoms with van der Waals surface area (Å²) >= 11 is 0. The second-order valence-electron chi connectivity index (χ2n) is 3.84. The molecule has 0 aromatic heterocycles. The lowest BCUT2D eigenvalue weighted by atomic mass is 9.96. The van der Waals surface area contributed by atoms with Crippen LogP contribution in [0.25, 0.3) is 10.8 Å². The summed E-state index contributed by atoms with van der Waals surface area (Å²) in [5, 5.41) is 20.7. The monoisotopic (exact) mass is 253 g/mol. The Balaban J connectivity index is 0.00000144. The fourth-order valence-electron chi connectivity index (χ4n) is 1.96. The molecule has 0 saturated carbocycles. The number of fused-ring (bicyclic) bond motifs is 1. The molecule has 0 fully saturated rings. The molecule has 0 spiro atoms. The van der Waals surface area contributed by atoms with Crippen molar-refractivity contribution in [3.63, 3.8) is 0 Å². The first-order valence-corrected chi connectivity index (χ1v) is 5.31. The molecule has 0 saturated heterocycles. The van der Waals surface area contributed by atoms with E-state index in [1.165, 1.54) is 0 Å². The summed E-state index contributed by atoms with van der Waals surface area (Å²) in [6, 6.07) is 10.9. The molecule has 0 heterocycles. The zero-order chi connectivity index (χ0) is 11.5. The lowest BCUT2D eigenvalue weighted by Crippen LogP contribution is -2.12. The third-order valence-electron chi connectivity index (χ3n) is 2.76. The summed E-state index contributed by atoms with van der Waals surface area (Å²) in [6.45, 7) is 0.0177. The van der Waals surface area contributed by atoms with Gasteiger partial charge in [0.05, 0.1) is 0 Å². The Morgan fingerprint density at radius 2 is 1.82 bits per heavy atom. The number of phenols is 1. The van der Waals surface area contributed by atoms with Gasteiger partial charge in [0.2, 0.25) is 0 Å². The number of nitrogens with two attached hydrogens (primary N) is 1. The van der Waals surface area contributed by atoms with E-state index >= 15 is 0 Å². The molecule has 0 bridgehead atoms. The van der Waals surface area contributed by atoms with E-state index in [9.17, 15) is 5.11 Å². The molecule has 17 heavy (non-hydrogen) atoms. The lowest BCUT2D eigenvalue weighted by molar-refractivity contribution is 0.276. The average molecular weight is 254 g/mol. The molecule has 3 nitrogen and oxygen atoms in total. The SMILES string of the molecule is Cl.NC(CCO)c1c(O)ccc2ccccc12. The molecule has 2 aromatic carbocycles. The van der Waals surface area contributed by atoms with Gasteiger partial charge in [0.1, 0.15) is 5.75 Å². The minimum atomic E-state index is -0.337. The second kappa shape index (κ2) is 5.87. The molecule has 1 unspecified atom stereocenters. The molecule has 4 N–H and O–H groups in total. The van der Waals surface area contributed by atoms with Gasteiger partial charge in [-0.1, -0.05) is 30.3 Å². The Labute approximate surface area is 106 Å². The molecule has 2 rings (SSSR count). The Hall–Kier alpha value is -1.29. The quantitative estimate of drug-likeness (QED) is 0.787. The smallest absolute Gasteiger partial charge is 0.120 e. The van der Waals surface area contributed by atoms with Gasteiger partial charge in [0.15, 0.2) is 0 Å². The van der Waals surface area contributed by atoms with Crippen LogP contribution >= 0.6 is 12.4 Å². The third kappa shape index (κ3) is 2.69. The minimum absolute atomic E-state index is 0. The highest BCUT2D eigenvalue weighted by Crippen LogP contribution is 2.32. The van der Waals surface area contributed by atoms with Crippen LogP contribution in [0.4, 0.5) is 0 Å². The zero-order valence-corrected chi connectivity index (χ0v) is 10.2. The van der Waals surface area contributed by atoms with Crippen LogP contribution in [-0.2, 0) is 0 Å². The van der Waals surface area contributed by atoms with Crippen molar-refractivity contribution in [3.05, 3.63) is 42.0 Å². The van der Waals surface area contributed by atoms with Gasteiger partial charge in [-0.15, -0.1) is 12.4 Å². The first kappa shape index (κ1) is 13.8. The Morgan fingerprint density at radius 3 is 2.53 bits per heavy atom. The van der Waals surface area contributed by atoms with E-state index in [-0.39, 0.29) is 30.8 Å². The van der Waals surface area contributed by atoms with E-state index in [4.69, 9.17) is 10.8 Å². The molecule has 0 aliphatic heterocycles. The molecule has 92 valence electrons. The van der Waals surface area contributed by atoms with Gasteiger partial charge in [-0.25, -0.2) is 0 Å². The van der Waals surface area contributed by atoms with Crippen molar-refractivity contribution >= 4 is 23.2 Å². The van der Waals surface area contributed by atoms with Crippen LogP contribution in [0.1, 0.15) is 18.0 Å². The van der Waals surface area contributed by atoms with Gasteiger partial charge >= 0.3 is 0 Å². The van der Waals surface area contributed by atoms with Crippen LogP contribution in [0.15, 0.2) is 36.4 Å². The summed E-state index contributed by atoms with van der Waals surface area (Å²) in [6.07, 6.45) is 0.446. The Morgan fingerprint density at radius 1 is 1.12 bits per heavy atom. The molecular weight excluding hydrogens is 238 g/mol. The van der Waals surface area contributed by atoms with Crippen molar-refractivity contribution < 1.29 is 10.2 Å². The summed E-state index contributed by atoms with van der Waals surface area (Å²) in [5.41, 5.74) is 6.67. The molecule has 1 atom stereocenters. The van der Waals surface area contributed by atoms with Gasteiger partial charge in [-0.3, -0.25) is 0 Å². The Bertz CT molecular complexity index is 502. The maximum Gasteiger partial charge on any atom is 0.120 e. The topological polar surface area (TPSA) is 66.5 Å². The lowest BCUT2D eigenvalue weighted by Gasteiger charge is -2.15. The van der Waals surface area contributed by atoms with Crippen molar-refractivity contribution in [1.82, 2.24) is 0 Å². The molecule has 0 radical (unpaired) electrons. The van der Waals surface area contributed by atoms with Crippen molar-refractivity contribution in [2.75, 3.05) is 6.61 Å². The van der Waals surface area contributed by atoms with Crippen molar-refractivity contribution in [2.45, 2.75) is 12.5 Å². The average Bonchev–Trinajstić information content (AvgIpc) is 2.29. The van der Waals surface area contributed by atoms with Crippen molar-refractivity contribution in [3.8, 4) is 5.75 Å². The number of aliphatic hydroxyl groups is 1. The fourth-order valence-corrected chi connectivity index (χ4v) is 1.96. The number of benzene rings is 2. The number of rotatable bonds is 3. The van der Waals surface area contributed by atoms with Gasteiger partial charge in [0.25, 0.3) is 0 Å². The molecule has 4 heteroatoms. The van der Waals surface area contributed by atoms with Crippen LogP contribution in [-0.4, -0.2) is 16.8 Å². The standard InChI is InChI=1S/C13H15NO2.ClH/c14-11(7-8-15)13-10-4-2-1-3-9(10)5-6-12(13)16;/h1-6,11,15-16H,7-8,14H2;1H. The van der Waals surface area contributed by atoms with Crippen LogP contribution in [0.5, 0.6) is 5.75 Å². The number of aliphatic hydroxyl groups excluding tert-OH is 1. The van der Waals surface area contributed by atoms with E-state index in [0.717, 1.165) is 10.8 Å². The van der Waals surface area contributed by atoms with Crippen LogP contribution in [0.3, 0.4) is 0 Å². The number of phenolic OH excluding ortho intramolecular Hbond substituents is 1. The Kier molecular flexibility index (Phi) is 4.75. The minimum Gasteiger partial charge on any atom is -0.508 e. The third-order valence-corrected chi connectivity index (χ3v) is 2.76. The van der Waals surface area contributed by atoms with Crippen LogP contribution < -0.4 is 5.73 Å². The van der Waals surface area contributed by atoms with Gasteiger partial charge in [-0.2, -0.15) is 0 Å².